The van der Waals surface area contributed by atoms with Crippen LogP contribution in [0, 0.1) is 5.92 Å². The molecule has 0 spiro atoms. The van der Waals surface area contributed by atoms with Gasteiger partial charge in [0.2, 0.25) is 10.0 Å². The van der Waals surface area contributed by atoms with Crippen molar-refractivity contribution < 1.29 is 22.7 Å². The van der Waals surface area contributed by atoms with Gasteiger partial charge in [0.15, 0.2) is 0 Å². The predicted molar refractivity (Wildman–Crippen MR) is 110 cm³/mol. The summed E-state index contributed by atoms with van der Waals surface area (Å²) in [5, 5.41) is 2.62. The van der Waals surface area contributed by atoms with Crippen LogP contribution in [0.5, 0.6) is 0 Å². The van der Waals surface area contributed by atoms with E-state index >= 15 is 0 Å². The van der Waals surface area contributed by atoms with E-state index in [0.717, 1.165) is 5.56 Å². The lowest BCUT2D eigenvalue weighted by atomic mass is 10.0. The molecule has 0 aliphatic carbocycles. The lowest BCUT2D eigenvalue weighted by molar-refractivity contribution is -0.143. The maximum Gasteiger partial charge on any atom is 0.328 e. The van der Waals surface area contributed by atoms with Crippen molar-refractivity contribution in [3.8, 4) is 0 Å². The summed E-state index contributed by atoms with van der Waals surface area (Å²) in [6.07, 6.45) is 0.412. The first-order chi connectivity index (χ1) is 13.7. The molecule has 7 nitrogen and oxygen atoms in total. The number of ether oxygens (including phenoxy) is 1. The Morgan fingerprint density at radius 1 is 1.03 bits per heavy atom. The third kappa shape index (κ3) is 6.69. The zero-order chi connectivity index (χ0) is 21.4. The molecule has 1 atom stereocenters. The Morgan fingerprint density at radius 3 is 2.34 bits per heavy atom. The van der Waals surface area contributed by atoms with E-state index in [0.29, 0.717) is 6.42 Å². The molecule has 0 radical (unpaired) electrons. The van der Waals surface area contributed by atoms with Gasteiger partial charge in [-0.15, -0.1) is 0 Å². The van der Waals surface area contributed by atoms with E-state index in [1.54, 1.807) is 0 Å². The maximum absolute atomic E-state index is 12.6. The molecule has 0 aromatic heterocycles. The molecule has 2 rings (SSSR count). The monoisotopic (exact) mass is 418 g/mol. The minimum absolute atomic E-state index is 0.0282. The highest BCUT2D eigenvalue weighted by Gasteiger charge is 2.24. The molecule has 8 heteroatoms. The van der Waals surface area contributed by atoms with E-state index in [-0.39, 0.29) is 22.9 Å². The van der Waals surface area contributed by atoms with Crippen LogP contribution < -0.4 is 10.0 Å². The number of esters is 1. The average molecular weight is 419 g/mol. The predicted octanol–water partition coefficient (Wildman–Crippen LogP) is 2.48. The Morgan fingerprint density at radius 2 is 1.72 bits per heavy atom. The van der Waals surface area contributed by atoms with Gasteiger partial charge in [-0.1, -0.05) is 50.2 Å². The highest BCUT2D eigenvalue weighted by atomic mass is 32.2. The van der Waals surface area contributed by atoms with Gasteiger partial charge in [0.25, 0.3) is 5.91 Å². The molecular formula is C21H26N2O5S. The summed E-state index contributed by atoms with van der Waals surface area (Å²) in [5.74, 6) is -0.921. The van der Waals surface area contributed by atoms with E-state index in [1.165, 1.54) is 31.4 Å². The van der Waals surface area contributed by atoms with Gasteiger partial charge >= 0.3 is 5.97 Å². The fraction of sp³-hybridized carbons (Fsp3) is 0.333. The highest BCUT2D eigenvalue weighted by molar-refractivity contribution is 7.89. The number of amides is 1. The molecular weight excluding hydrogens is 392 g/mol. The van der Waals surface area contributed by atoms with Gasteiger partial charge < -0.3 is 10.1 Å². The molecule has 0 bridgehead atoms. The minimum atomic E-state index is -3.80. The van der Waals surface area contributed by atoms with Gasteiger partial charge in [-0.05, 0) is 36.1 Å². The van der Waals surface area contributed by atoms with Crippen molar-refractivity contribution in [3.63, 3.8) is 0 Å². The first-order valence-corrected chi connectivity index (χ1v) is 10.7. The molecule has 2 N–H and O–H groups in total. The molecule has 1 amide bonds. The van der Waals surface area contributed by atoms with Crippen molar-refractivity contribution in [1.29, 1.82) is 0 Å². The number of nitrogens with one attached hydrogen (secondary N) is 2. The number of rotatable bonds is 9. The molecule has 0 fully saturated rings. The second-order valence-electron chi connectivity index (χ2n) is 7.02. The third-order valence-electron chi connectivity index (χ3n) is 4.21. The molecule has 2 aromatic rings. The Balaban J connectivity index is 2.14. The zero-order valence-electron chi connectivity index (χ0n) is 16.7. The maximum atomic E-state index is 12.6. The smallest absolute Gasteiger partial charge is 0.328 e. The standard InChI is InChI=1S/C21H26N2O5S/c1-15(2)12-19(21(25)28-3)23-20(24)17-10-7-11-18(13-17)29(26,27)22-14-16-8-5-4-6-9-16/h4-11,13,15,19,22H,12,14H2,1-3H3,(H,23,24). The molecule has 0 aliphatic rings. The summed E-state index contributed by atoms with van der Waals surface area (Å²) in [6, 6.07) is 14.0. The molecule has 2 aromatic carbocycles. The average Bonchev–Trinajstić information content (AvgIpc) is 2.71. The lowest BCUT2D eigenvalue weighted by Crippen LogP contribution is -2.42. The first kappa shape index (κ1) is 22.6. The summed E-state index contributed by atoms with van der Waals surface area (Å²) >= 11 is 0. The normalized spacial score (nSPS) is 12.4. The van der Waals surface area contributed by atoms with E-state index in [4.69, 9.17) is 4.74 Å². The number of carbonyl (C=O) groups excluding carboxylic acids is 2. The van der Waals surface area contributed by atoms with Crippen molar-refractivity contribution in [2.24, 2.45) is 5.92 Å². The van der Waals surface area contributed by atoms with Crippen LogP contribution in [-0.2, 0) is 26.1 Å². The Labute approximate surface area is 171 Å². The van der Waals surface area contributed by atoms with Crippen molar-refractivity contribution in [3.05, 3.63) is 65.7 Å². The molecule has 0 heterocycles. The van der Waals surface area contributed by atoms with Crippen molar-refractivity contribution in [2.75, 3.05) is 7.11 Å². The molecule has 29 heavy (non-hydrogen) atoms. The van der Waals surface area contributed by atoms with Crippen LogP contribution in [0.15, 0.2) is 59.5 Å². The number of sulfonamides is 1. The summed E-state index contributed by atoms with van der Waals surface area (Å²) < 4.78 is 32.4. The topological polar surface area (TPSA) is 102 Å². The van der Waals surface area contributed by atoms with Crippen LogP contribution in [0.1, 0.15) is 36.2 Å². The van der Waals surface area contributed by atoms with E-state index in [1.807, 2.05) is 44.2 Å². The minimum Gasteiger partial charge on any atom is -0.467 e. The van der Waals surface area contributed by atoms with Gasteiger partial charge in [-0.25, -0.2) is 17.9 Å². The second-order valence-corrected chi connectivity index (χ2v) is 8.78. The summed E-state index contributed by atoms with van der Waals surface area (Å²) in [4.78, 5) is 24.5. The van der Waals surface area contributed by atoms with Crippen molar-refractivity contribution in [1.82, 2.24) is 10.0 Å². The number of carbonyl (C=O) groups is 2. The Bertz CT molecular complexity index is 943. The number of hydrogen-bond donors (Lipinski definition) is 2. The fourth-order valence-electron chi connectivity index (χ4n) is 2.73. The lowest BCUT2D eigenvalue weighted by Gasteiger charge is -2.18. The van der Waals surface area contributed by atoms with Gasteiger partial charge in [-0.3, -0.25) is 4.79 Å². The Hall–Kier alpha value is -2.71. The van der Waals surface area contributed by atoms with Crippen molar-refractivity contribution in [2.45, 2.75) is 37.8 Å². The highest BCUT2D eigenvalue weighted by Crippen LogP contribution is 2.14. The number of benzene rings is 2. The van der Waals surface area contributed by atoms with Crippen LogP contribution >= 0.6 is 0 Å². The van der Waals surface area contributed by atoms with Gasteiger partial charge in [-0.2, -0.15) is 0 Å². The molecule has 0 aliphatic heterocycles. The van der Waals surface area contributed by atoms with Gasteiger partial charge in [0.05, 0.1) is 12.0 Å². The van der Waals surface area contributed by atoms with E-state index in [9.17, 15) is 18.0 Å². The largest absolute Gasteiger partial charge is 0.467 e. The van der Waals surface area contributed by atoms with Gasteiger partial charge in [0.1, 0.15) is 6.04 Å². The molecule has 0 saturated heterocycles. The second kappa shape index (κ2) is 10.2. The van der Waals surface area contributed by atoms with Crippen molar-refractivity contribution >= 4 is 21.9 Å². The van der Waals surface area contributed by atoms with E-state index in [2.05, 4.69) is 10.0 Å². The fourth-order valence-corrected chi connectivity index (χ4v) is 3.79. The summed E-state index contributed by atoms with van der Waals surface area (Å²) in [6.45, 7) is 3.99. The molecule has 1 unspecified atom stereocenters. The SMILES string of the molecule is COC(=O)C(CC(C)C)NC(=O)c1cccc(S(=O)(=O)NCc2ccccc2)c1. The molecule has 156 valence electrons. The first-order valence-electron chi connectivity index (χ1n) is 9.25. The summed E-state index contributed by atoms with van der Waals surface area (Å²) in [7, 11) is -2.55. The third-order valence-corrected chi connectivity index (χ3v) is 5.61. The number of hydrogen-bond acceptors (Lipinski definition) is 5. The number of methoxy groups -OCH3 is 1. The van der Waals surface area contributed by atoms with Crippen LogP contribution in [0.4, 0.5) is 0 Å². The van der Waals surface area contributed by atoms with Crippen LogP contribution in [0.2, 0.25) is 0 Å². The quantitative estimate of drug-likeness (QED) is 0.609. The van der Waals surface area contributed by atoms with E-state index < -0.39 is 27.9 Å². The zero-order valence-corrected chi connectivity index (χ0v) is 17.5. The van der Waals surface area contributed by atoms with Gasteiger partial charge in [0, 0.05) is 12.1 Å². The van der Waals surface area contributed by atoms with Crippen LogP contribution in [0.25, 0.3) is 0 Å². The van der Waals surface area contributed by atoms with Crippen LogP contribution in [0.3, 0.4) is 0 Å². The van der Waals surface area contributed by atoms with Crippen LogP contribution in [-0.4, -0.2) is 33.4 Å². The summed E-state index contributed by atoms with van der Waals surface area (Å²) in [5.41, 5.74) is 0.963. The molecule has 0 saturated carbocycles. The Kier molecular flexibility index (Phi) is 7.92.